The number of para-hydroxylation sites is 1. The van der Waals surface area contributed by atoms with Crippen LogP contribution in [-0.4, -0.2) is 51.7 Å². The minimum atomic E-state index is -0.605. The molecule has 0 spiro atoms. The van der Waals surface area contributed by atoms with E-state index in [1.54, 1.807) is 16.8 Å². The normalized spacial score (nSPS) is 12.6. The molecule has 190 valence electrons. The number of hydrogen-bond acceptors (Lipinski definition) is 5. The van der Waals surface area contributed by atoms with Crippen LogP contribution >= 0.6 is 0 Å². The van der Waals surface area contributed by atoms with Crippen molar-refractivity contribution in [3.63, 3.8) is 0 Å². The summed E-state index contributed by atoms with van der Waals surface area (Å²) in [7, 11) is 0. The van der Waals surface area contributed by atoms with Crippen LogP contribution in [0.25, 0.3) is 5.69 Å². The van der Waals surface area contributed by atoms with E-state index in [1.807, 2.05) is 30.3 Å². The van der Waals surface area contributed by atoms with Gasteiger partial charge in [-0.15, -0.1) is 0 Å². The number of aryl methyl sites for hydroxylation is 1. The minimum absolute atomic E-state index is 0.179. The van der Waals surface area contributed by atoms with Gasteiger partial charge in [0.05, 0.1) is 29.7 Å². The first-order chi connectivity index (χ1) is 16.8. The van der Waals surface area contributed by atoms with Crippen molar-refractivity contribution in [2.24, 2.45) is 5.92 Å². The van der Waals surface area contributed by atoms with Gasteiger partial charge in [-0.1, -0.05) is 39.0 Å². The molecule has 6 nitrogen and oxygen atoms in total. The van der Waals surface area contributed by atoms with Crippen LogP contribution in [0, 0.1) is 11.7 Å². The van der Waals surface area contributed by atoms with Gasteiger partial charge in [0.15, 0.2) is 0 Å². The molecular formula is C28H38FN3O3. The maximum absolute atomic E-state index is 13.6. The topological polar surface area (TPSA) is 59.8 Å². The molecule has 1 aromatic heterocycles. The number of halogens is 1. The number of aliphatic hydroxyl groups excluding tert-OH is 1. The van der Waals surface area contributed by atoms with Gasteiger partial charge in [-0.25, -0.2) is 9.07 Å². The van der Waals surface area contributed by atoms with Gasteiger partial charge < -0.3 is 14.6 Å². The van der Waals surface area contributed by atoms with Crippen molar-refractivity contribution in [3.8, 4) is 17.3 Å². The Hall–Kier alpha value is -2.74. The number of aromatic nitrogens is 2. The third-order valence-corrected chi connectivity index (χ3v) is 5.68. The molecule has 35 heavy (non-hydrogen) atoms. The van der Waals surface area contributed by atoms with Crippen molar-refractivity contribution in [2.75, 3.05) is 19.8 Å². The van der Waals surface area contributed by atoms with Gasteiger partial charge in [-0.2, -0.15) is 5.10 Å². The van der Waals surface area contributed by atoms with E-state index < -0.39 is 6.10 Å². The molecule has 3 rings (SSSR count). The zero-order valence-electron chi connectivity index (χ0n) is 21.4. The fraction of sp³-hybridized carbons (Fsp3) is 0.464. The first-order valence-corrected chi connectivity index (χ1v) is 12.4. The lowest BCUT2D eigenvalue weighted by Gasteiger charge is -2.29. The summed E-state index contributed by atoms with van der Waals surface area (Å²) in [6.45, 7) is 12.4. The van der Waals surface area contributed by atoms with Crippen molar-refractivity contribution in [3.05, 3.63) is 71.7 Å². The maximum Gasteiger partial charge on any atom is 0.227 e. The predicted molar refractivity (Wildman–Crippen MR) is 137 cm³/mol. The van der Waals surface area contributed by atoms with E-state index >= 15 is 0 Å². The molecule has 0 fully saturated rings. The number of rotatable bonds is 13. The summed E-state index contributed by atoms with van der Waals surface area (Å²) < 4.78 is 27.4. The van der Waals surface area contributed by atoms with Gasteiger partial charge in [-0.05, 0) is 62.6 Å². The van der Waals surface area contributed by atoms with Crippen LogP contribution in [-0.2, 0) is 17.7 Å². The van der Waals surface area contributed by atoms with Gasteiger partial charge in [0.25, 0.3) is 0 Å². The van der Waals surface area contributed by atoms with Crippen LogP contribution < -0.4 is 4.74 Å². The van der Waals surface area contributed by atoms with Crippen LogP contribution in [0.15, 0.2) is 54.6 Å². The largest absolute Gasteiger partial charge is 0.439 e. The standard InChI is InChI=1S/C28H38FN3O3/c1-6-27-26(17-31(21(4)5)16-24(33)19-34-18-20(2)3)28(35-25-10-8-7-9-11-25)32(30-27)23-14-12-22(29)13-15-23/h7-15,20-21,24,33H,6,16-19H2,1-5H3/t24-/m1/s1. The molecule has 0 amide bonds. The Bertz CT molecular complexity index is 1040. The third-order valence-electron chi connectivity index (χ3n) is 5.68. The van der Waals surface area contributed by atoms with Crippen LogP contribution in [0.5, 0.6) is 11.6 Å². The second kappa shape index (κ2) is 12.8. The zero-order valence-corrected chi connectivity index (χ0v) is 21.4. The lowest BCUT2D eigenvalue weighted by atomic mass is 10.1. The highest BCUT2D eigenvalue weighted by Gasteiger charge is 2.25. The predicted octanol–water partition coefficient (Wildman–Crippen LogP) is 5.61. The quantitative estimate of drug-likeness (QED) is 0.342. The number of nitrogens with zero attached hydrogens (tertiary/aromatic N) is 3. The summed E-state index contributed by atoms with van der Waals surface area (Å²) >= 11 is 0. The van der Waals surface area contributed by atoms with E-state index in [0.29, 0.717) is 50.3 Å². The second-order valence-corrected chi connectivity index (χ2v) is 9.50. The fourth-order valence-corrected chi connectivity index (χ4v) is 3.81. The molecule has 0 unspecified atom stereocenters. The van der Waals surface area contributed by atoms with Crippen molar-refractivity contribution in [2.45, 2.75) is 59.7 Å². The molecule has 1 atom stereocenters. The van der Waals surface area contributed by atoms with E-state index in [9.17, 15) is 9.50 Å². The minimum Gasteiger partial charge on any atom is -0.439 e. The van der Waals surface area contributed by atoms with Gasteiger partial charge >= 0.3 is 0 Å². The summed E-state index contributed by atoms with van der Waals surface area (Å²) in [4.78, 5) is 2.20. The summed E-state index contributed by atoms with van der Waals surface area (Å²) in [6.07, 6.45) is 0.104. The van der Waals surface area contributed by atoms with Gasteiger partial charge in [-0.3, -0.25) is 4.90 Å². The Labute approximate surface area is 208 Å². The smallest absolute Gasteiger partial charge is 0.227 e. The van der Waals surface area contributed by atoms with E-state index in [-0.39, 0.29) is 11.9 Å². The molecule has 0 aliphatic rings. The number of ether oxygens (including phenoxy) is 2. The Kier molecular flexibility index (Phi) is 9.83. The lowest BCUT2D eigenvalue weighted by molar-refractivity contribution is 0.00160. The SMILES string of the molecule is CCc1nn(-c2ccc(F)cc2)c(Oc2ccccc2)c1CN(C[C@@H](O)COCC(C)C)C(C)C. The molecule has 1 N–H and O–H groups in total. The highest BCUT2D eigenvalue weighted by atomic mass is 19.1. The summed E-state index contributed by atoms with van der Waals surface area (Å²) in [5, 5.41) is 15.5. The number of hydrogen-bond donors (Lipinski definition) is 1. The third kappa shape index (κ3) is 7.62. The van der Waals surface area contributed by atoms with Gasteiger partial charge in [0.1, 0.15) is 11.6 Å². The second-order valence-electron chi connectivity index (χ2n) is 9.50. The average molecular weight is 484 g/mol. The number of benzene rings is 2. The van der Waals surface area contributed by atoms with E-state index in [1.165, 1.54) is 12.1 Å². The zero-order chi connectivity index (χ0) is 25.4. The summed E-state index contributed by atoms with van der Waals surface area (Å²) in [6, 6.07) is 16.0. The molecule has 0 aliphatic heterocycles. The van der Waals surface area contributed by atoms with E-state index in [0.717, 1.165) is 16.9 Å². The first kappa shape index (κ1) is 26.9. The van der Waals surface area contributed by atoms with Crippen LogP contribution in [0.3, 0.4) is 0 Å². The molecule has 1 heterocycles. The number of aliphatic hydroxyl groups is 1. The average Bonchev–Trinajstić information content (AvgIpc) is 3.16. The van der Waals surface area contributed by atoms with Crippen LogP contribution in [0.1, 0.15) is 45.9 Å². The lowest BCUT2D eigenvalue weighted by Crippen LogP contribution is -2.39. The van der Waals surface area contributed by atoms with Crippen molar-refractivity contribution < 1.29 is 19.0 Å². The van der Waals surface area contributed by atoms with Gasteiger partial charge in [0.2, 0.25) is 5.88 Å². The van der Waals surface area contributed by atoms with Crippen LogP contribution in [0.2, 0.25) is 0 Å². The fourth-order valence-electron chi connectivity index (χ4n) is 3.81. The highest BCUT2D eigenvalue weighted by molar-refractivity contribution is 5.44. The van der Waals surface area contributed by atoms with Gasteiger partial charge in [0, 0.05) is 25.7 Å². The molecule has 0 radical (unpaired) electrons. The first-order valence-electron chi connectivity index (χ1n) is 12.4. The maximum atomic E-state index is 13.6. The molecule has 7 heteroatoms. The van der Waals surface area contributed by atoms with E-state index in [4.69, 9.17) is 14.6 Å². The summed E-state index contributed by atoms with van der Waals surface area (Å²) in [5.41, 5.74) is 2.57. The Morgan fingerprint density at radius 3 is 2.29 bits per heavy atom. The van der Waals surface area contributed by atoms with E-state index in [2.05, 4.69) is 39.5 Å². The molecule has 0 aliphatic carbocycles. The van der Waals surface area contributed by atoms with Crippen molar-refractivity contribution in [1.82, 2.24) is 14.7 Å². The molecular weight excluding hydrogens is 445 g/mol. The van der Waals surface area contributed by atoms with Crippen molar-refractivity contribution >= 4 is 0 Å². The molecule has 2 aromatic carbocycles. The monoisotopic (exact) mass is 483 g/mol. The molecule has 0 saturated heterocycles. The van der Waals surface area contributed by atoms with Crippen LogP contribution in [0.4, 0.5) is 4.39 Å². The molecule has 0 bridgehead atoms. The Balaban J connectivity index is 1.94. The molecule has 0 saturated carbocycles. The molecule has 3 aromatic rings. The van der Waals surface area contributed by atoms with Crippen molar-refractivity contribution in [1.29, 1.82) is 0 Å². The Morgan fingerprint density at radius 2 is 1.69 bits per heavy atom. The highest BCUT2D eigenvalue weighted by Crippen LogP contribution is 2.32. The Morgan fingerprint density at radius 1 is 1.00 bits per heavy atom. The summed E-state index contributed by atoms with van der Waals surface area (Å²) in [5.74, 6) is 1.40.